The SMILES string of the molecule is CC(SCc1ccccc1)C(=O)OC(C)c1nc2ncc(Br)cc2[nH]1. The summed E-state index contributed by atoms with van der Waals surface area (Å²) in [5, 5.41) is -0.251. The van der Waals surface area contributed by atoms with Crippen molar-refractivity contribution in [1.29, 1.82) is 0 Å². The summed E-state index contributed by atoms with van der Waals surface area (Å²) in [5.74, 6) is 1.12. The number of halogens is 1. The van der Waals surface area contributed by atoms with E-state index >= 15 is 0 Å². The topological polar surface area (TPSA) is 67.9 Å². The minimum Gasteiger partial charge on any atom is -0.454 e. The second-order valence-electron chi connectivity index (χ2n) is 5.66. The number of carbonyl (C=O) groups is 1. The highest BCUT2D eigenvalue weighted by Crippen LogP contribution is 2.23. The molecule has 0 saturated carbocycles. The number of hydrogen-bond acceptors (Lipinski definition) is 5. The normalized spacial score (nSPS) is 13.6. The van der Waals surface area contributed by atoms with Crippen LogP contribution >= 0.6 is 27.7 Å². The number of H-pyrrole nitrogens is 1. The maximum atomic E-state index is 12.3. The molecule has 0 amide bonds. The predicted molar refractivity (Wildman–Crippen MR) is 103 cm³/mol. The Hall–Kier alpha value is -1.86. The van der Waals surface area contributed by atoms with Crippen LogP contribution in [-0.2, 0) is 15.3 Å². The van der Waals surface area contributed by atoms with Crippen molar-refractivity contribution in [3.63, 3.8) is 0 Å². The van der Waals surface area contributed by atoms with E-state index in [1.165, 1.54) is 5.56 Å². The number of aromatic amines is 1. The summed E-state index contributed by atoms with van der Waals surface area (Å²) >= 11 is 4.93. The summed E-state index contributed by atoms with van der Waals surface area (Å²) in [4.78, 5) is 24.1. The summed E-state index contributed by atoms with van der Waals surface area (Å²) in [7, 11) is 0. The number of aromatic nitrogens is 3. The molecule has 2 aromatic heterocycles. The third-order valence-corrected chi connectivity index (χ3v) is 5.30. The number of hydrogen-bond donors (Lipinski definition) is 1. The van der Waals surface area contributed by atoms with Gasteiger partial charge < -0.3 is 9.72 Å². The van der Waals surface area contributed by atoms with Crippen molar-refractivity contribution in [3.8, 4) is 0 Å². The smallest absolute Gasteiger partial charge is 0.319 e. The van der Waals surface area contributed by atoms with Gasteiger partial charge in [-0.25, -0.2) is 9.97 Å². The minimum absolute atomic E-state index is 0.247. The van der Waals surface area contributed by atoms with Gasteiger partial charge in [0.2, 0.25) is 0 Å². The van der Waals surface area contributed by atoms with Crippen molar-refractivity contribution >= 4 is 44.8 Å². The first-order chi connectivity index (χ1) is 12.0. The molecular weight excluding hydrogens is 402 g/mol. The van der Waals surface area contributed by atoms with Gasteiger partial charge in [-0.3, -0.25) is 4.79 Å². The van der Waals surface area contributed by atoms with Gasteiger partial charge in [0.15, 0.2) is 11.8 Å². The zero-order valence-corrected chi connectivity index (χ0v) is 16.3. The van der Waals surface area contributed by atoms with E-state index < -0.39 is 6.10 Å². The monoisotopic (exact) mass is 419 g/mol. The van der Waals surface area contributed by atoms with Crippen LogP contribution in [0.2, 0.25) is 0 Å². The minimum atomic E-state index is -0.458. The summed E-state index contributed by atoms with van der Waals surface area (Å²) in [6, 6.07) is 12.0. The molecule has 2 unspecified atom stereocenters. The van der Waals surface area contributed by atoms with Gasteiger partial charge in [-0.05, 0) is 41.4 Å². The average molecular weight is 420 g/mol. The van der Waals surface area contributed by atoms with E-state index in [9.17, 15) is 4.79 Å². The molecule has 1 aromatic carbocycles. The second kappa shape index (κ2) is 8.01. The molecule has 25 heavy (non-hydrogen) atoms. The summed E-state index contributed by atoms with van der Waals surface area (Å²) in [5.41, 5.74) is 2.60. The van der Waals surface area contributed by atoms with E-state index in [1.807, 2.05) is 43.3 Å². The van der Waals surface area contributed by atoms with Gasteiger partial charge in [-0.1, -0.05) is 30.3 Å². The van der Waals surface area contributed by atoms with E-state index in [2.05, 4.69) is 30.9 Å². The number of benzene rings is 1. The molecule has 0 radical (unpaired) electrons. The van der Waals surface area contributed by atoms with Crippen LogP contribution in [0.15, 0.2) is 47.1 Å². The van der Waals surface area contributed by atoms with Crippen LogP contribution < -0.4 is 0 Å². The highest BCUT2D eigenvalue weighted by molar-refractivity contribution is 9.10. The zero-order valence-electron chi connectivity index (χ0n) is 13.9. The molecule has 1 N–H and O–H groups in total. The van der Waals surface area contributed by atoms with Gasteiger partial charge >= 0.3 is 5.97 Å². The third-order valence-electron chi connectivity index (χ3n) is 3.68. The number of esters is 1. The van der Waals surface area contributed by atoms with E-state index in [0.717, 1.165) is 15.7 Å². The Labute approximate surface area is 158 Å². The number of nitrogens with zero attached hydrogens (tertiary/aromatic N) is 2. The van der Waals surface area contributed by atoms with Crippen LogP contribution in [0.3, 0.4) is 0 Å². The Kier molecular flexibility index (Phi) is 5.75. The number of ether oxygens (including phenoxy) is 1. The lowest BCUT2D eigenvalue weighted by Crippen LogP contribution is -2.19. The van der Waals surface area contributed by atoms with E-state index in [-0.39, 0.29) is 11.2 Å². The van der Waals surface area contributed by atoms with Gasteiger partial charge in [0.1, 0.15) is 5.82 Å². The lowest BCUT2D eigenvalue weighted by Gasteiger charge is -2.15. The molecular formula is C18H18BrN3O2S. The third kappa shape index (κ3) is 4.61. The van der Waals surface area contributed by atoms with Gasteiger partial charge in [0, 0.05) is 16.4 Å². The van der Waals surface area contributed by atoms with Crippen LogP contribution in [-0.4, -0.2) is 26.2 Å². The number of fused-ring (bicyclic) bond motifs is 1. The molecule has 3 rings (SSSR count). The average Bonchev–Trinajstić information content (AvgIpc) is 3.03. The number of imidazole rings is 1. The van der Waals surface area contributed by atoms with Crippen molar-refractivity contribution in [3.05, 3.63) is 58.5 Å². The fourth-order valence-corrected chi connectivity index (χ4v) is 3.43. The molecule has 0 fully saturated rings. The Bertz CT molecular complexity index is 869. The van der Waals surface area contributed by atoms with Crippen molar-refractivity contribution in [1.82, 2.24) is 15.0 Å². The lowest BCUT2D eigenvalue weighted by molar-refractivity contribution is -0.147. The zero-order chi connectivity index (χ0) is 17.8. The van der Waals surface area contributed by atoms with Crippen LogP contribution in [0, 0.1) is 0 Å². The van der Waals surface area contributed by atoms with Crippen molar-refractivity contribution < 1.29 is 9.53 Å². The number of pyridine rings is 1. The van der Waals surface area contributed by atoms with E-state index in [0.29, 0.717) is 11.5 Å². The van der Waals surface area contributed by atoms with Crippen molar-refractivity contribution in [2.24, 2.45) is 0 Å². The summed E-state index contributed by atoms with van der Waals surface area (Å²) in [6.45, 7) is 3.67. The first kappa shape index (κ1) is 17.9. The standard InChI is InChI=1S/C18H18BrN3O2S/c1-11(16-21-15-8-14(19)9-20-17(15)22-16)24-18(23)12(2)25-10-13-6-4-3-5-7-13/h3-9,11-12H,10H2,1-2H3,(H,20,21,22). The van der Waals surface area contributed by atoms with Gasteiger partial charge in [-0.15, -0.1) is 11.8 Å². The van der Waals surface area contributed by atoms with Crippen LogP contribution in [0.4, 0.5) is 0 Å². The first-order valence-electron chi connectivity index (χ1n) is 7.90. The van der Waals surface area contributed by atoms with Gasteiger partial charge in [0.05, 0.1) is 10.8 Å². The number of thioether (sulfide) groups is 1. The highest BCUT2D eigenvalue weighted by atomic mass is 79.9. The summed E-state index contributed by atoms with van der Waals surface area (Å²) in [6.07, 6.45) is 1.23. The van der Waals surface area contributed by atoms with Crippen LogP contribution in [0.25, 0.3) is 11.2 Å². The molecule has 2 atom stereocenters. The van der Waals surface area contributed by atoms with Crippen molar-refractivity contribution in [2.45, 2.75) is 31.0 Å². The maximum absolute atomic E-state index is 12.3. The number of nitrogens with one attached hydrogen (secondary N) is 1. The molecule has 2 heterocycles. The number of rotatable bonds is 6. The van der Waals surface area contributed by atoms with E-state index in [4.69, 9.17) is 4.74 Å². The van der Waals surface area contributed by atoms with Gasteiger partial charge in [0.25, 0.3) is 0 Å². The van der Waals surface area contributed by atoms with Crippen LogP contribution in [0.1, 0.15) is 31.3 Å². The molecule has 0 aliphatic heterocycles. The Morgan fingerprint density at radius 3 is 2.84 bits per heavy atom. The molecule has 3 aromatic rings. The largest absolute Gasteiger partial charge is 0.454 e. The van der Waals surface area contributed by atoms with Gasteiger partial charge in [-0.2, -0.15) is 0 Å². The molecule has 0 aliphatic rings. The predicted octanol–water partition coefficient (Wildman–Crippen LogP) is 4.65. The molecule has 130 valence electrons. The van der Waals surface area contributed by atoms with Crippen molar-refractivity contribution in [2.75, 3.05) is 0 Å². The molecule has 0 saturated heterocycles. The molecule has 7 heteroatoms. The number of carbonyl (C=O) groups excluding carboxylic acids is 1. The summed E-state index contributed by atoms with van der Waals surface area (Å²) < 4.78 is 6.42. The Morgan fingerprint density at radius 2 is 2.08 bits per heavy atom. The Balaban J connectivity index is 1.58. The molecule has 5 nitrogen and oxygen atoms in total. The van der Waals surface area contributed by atoms with E-state index in [1.54, 1.807) is 24.9 Å². The maximum Gasteiger partial charge on any atom is 0.319 e. The molecule has 0 aliphatic carbocycles. The first-order valence-corrected chi connectivity index (χ1v) is 9.74. The lowest BCUT2D eigenvalue weighted by atomic mass is 10.2. The quantitative estimate of drug-likeness (QED) is 0.589. The molecule has 0 spiro atoms. The Morgan fingerprint density at radius 1 is 1.32 bits per heavy atom. The fraction of sp³-hybridized carbons (Fsp3) is 0.278. The fourth-order valence-electron chi connectivity index (χ4n) is 2.28. The second-order valence-corrected chi connectivity index (χ2v) is 7.91. The highest BCUT2D eigenvalue weighted by Gasteiger charge is 2.21. The van der Waals surface area contributed by atoms with Crippen LogP contribution in [0.5, 0.6) is 0 Å². The molecule has 0 bridgehead atoms.